The largest absolute Gasteiger partial charge is 0.486 e. The van der Waals surface area contributed by atoms with Gasteiger partial charge in [0.15, 0.2) is 15.8 Å². The van der Waals surface area contributed by atoms with Crippen molar-refractivity contribution >= 4 is 38.3 Å². The van der Waals surface area contributed by atoms with Gasteiger partial charge in [0.25, 0.3) is 10.0 Å². The number of sulfonamides is 1. The second kappa shape index (κ2) is 6.77. The summed E-state index contributed by atoms with van der Waals surface area (Å²) in [6.07, 6.45) is 1.74. The lowest BCUT2D eigenvalue weighted by Crippen LogP contribution is -2.17. The molecule has 0 saturated heterocycles. The van der Waals surface area contributed by atoms with Gasteiger partial charge in [-0.1, -0.05) is 29.2 Å². The third-order valence-electron chi connectivity index (χ3n) is 2.78. The molecule has 10 heteroatoms. The Hall–Kier alpha value is -1.78. The summed E-state index contributed by atoms with van der Waals surface area (Å²) in [6, 6.07) is 4.48. The minimum atomic E-state index is -3.76. The maximum absolute atomic E-state index is 12.4. The van der Waals surface area contributed by atoms with Gasteiger partial charge in [-0.3, -0.25) is 4.72 Å². The molecule has 1 aromatic carbocycles. The van der Waals surface area contributed by atoms with Gasteiger partial charge >= 0.3 is 0 Å². The number of aromatic nitrogens is 2. The first-order chi connectivity index (χ1) is 11.1. The average molecular weight is 371 g/mol. The molecule has 3 rings (SSSR count). The fourth-order valence-electron chi connectivity index (χ4n) is 1.80. The van der Waals surface area contributed by atoms with E-state index in [1.165, 1.54) is 35.2 Å². The van der Waals surface area contributed by atoms with E-state index in [1.807, 2.05) is 0 Å². The van der Waals surface area contributed by atoms with Crippen LogP contribution in [0.1, 0.15) is 0 Å². The maximum Gasteiger partial charge on any atom is 0.263 e. The molecule has 0 aliphatic carbocycles. The Balaban J connectivity index is 1.78. The molecular weight excluding hydrogens is 358 g/mol. The van der Waals surface area contributed by atoms with Crippen molar-refractivity contribution in [3.8, 4) is 11.5 Å². The number of hydrogen-bond acceptors (Lipinski definition) is 8. The van der Waals surface area contributed by atoms with E-state index in [4.69, 9.17) is 9.47 Å². The van der Waals surface area contributed by atoms with E-state index in [9.17, 15) is 8.42 Å². The number of fused-ring (bicyclic) bond motifs is 1. The van der Waals surface area contributed by atoms with E-state index in [0.717, 1.165) is 0 Å². The average Bonchev–Trinajstić information content (AvgIpc) is 2.99. The predicted octanol–water partition coefficient (Wildman–Crippen LogP) is 2.39. The van der Waals surface area contributed by atoms with Gasteiger partial charge in [0.1, 0.15) is 13.2 Å². The lowest BCUT2D eigenvalue weighted by molar-refractivity contribution is 0.171. The molecule has 23 heavy (non-hydrogen) atoms. The molecule has 0 unspecified atom stereocenters. The number of benzene rings is 1. The van der Waals surface area contributed by atoms with Crippen molar-refractivity contribution in [3.05, 3.63) is 30.9 Å². The molecule has 0 atom stereocenters. The van der Waals surface area contributed by atoms with Crippen molar-refractivity contribution in [1.82, 2.24) is 10.2 Å². The Bertz CT molecular complexity index is 820. The van der Waals surface area contributed by atoms with Crippen LogP contribution < -0.4 is 14.2 Å². The second-order valence-corrected chi connectivity index (χ2v) is 8.31. The molecule has 0 spiro atoms. The standard InChI is InChI=1S/C13H13N3O4S3/c1-2-7-21-13-15-14-12(22-13)16-23(17,18)9-3-4-10-11(8-9)20-6-5-19-10/h2-4,8H,1,5-7H2,(H,14,16). The van der Waals surface area contributed by atoms with Crippen molar-refractivity contribution in [1.29, 1.82) is 0 Å². The Morgan fingerprint density at radius 1 is 1.30 bits per heavy atom. The van der Waals surface area contributed by atoms with Crippen LogP contribution in [0, 0.1) is 0 Å². The third-order valence-corrected chi connectivity index (χ3v) is 6.21. The van der Waals surface area contributed by atoms with E-state index >= 15 is 0 Å². The molecule has 2 aromatic rings. The highest BCUT2D eigenvalue weighted by Gasteiger charge is 2.21. The zero-order valence-electron chi connectivity index (χ0n) is 11.9. The van der Waals surface area contributed by atoms with Crippen LogP contribution in [0.2, 0.25) is 0 Å². The Morgan fingerprint density at radius 2 is 2.09 bits per heavy atom. The van der Waals surface area contributed by atoms with Crippen molar-refractivity contribution in [3.63, 3.8) is 0 Å². The van der Waals surface area contributed by atoms with E-state index in [-0.39, 0.29) is 10.0 Å². The Labute approximate surface area is 141 Å². The Kier molecular flexibility index (Phi) is 4.74. The van der Waals surface area contributed by atoms with Gasteiger partial charge in [-0.25, -0.2) is 8.42 Å². The summed E-state index contributed by atoms with van der Waals surface area (Å²) in [7, 11) is -3.76. The summed E-state index contributed by atoms with van der Waals surface area (Å²) in [5, 5.41) is 7.96. The van der Waals surface area contributed by atoms with Crippen molar-refractivity contribution in [2.75, 3.05) is 23.7 Å². The molecule has 1 aliphatic rings. The number of thioether (sulfide) groups is 1. The summed E-state index contributed by atoms with van der Waals surface area (Å²) in [5.41, 5.74) is 0. The summed E-state index contributed by atoms with van der Waals surface area (Å²) >= 11 is 2.61. The SMILES string of the molecule is C=CCSc1nnc(NS(=O)(=O)c2ccc3c(c2)OCCO3)s1. The molecule has 2 heterocycles. The fourth-order valence-corrected chi connectivity index (χ4v) is 4.56. The molecule has 7 nitrogen and oxygen atoms in total. The first-order valence-corrected chi connectivity index (χ1v) is 9.87. The van der Waals surface area contributed by atoms with E-state index in [2.05, 4.69) is 21.5 Å². The third kappa shape index (κ3) is 3.77. The van der Waals surface area contributed by atoms with Gasteiger partial charge < -0.3 is 9.47 Å². The summed E-state index contributed by atoms with van der Waals surface area (Å²) in [5.74, 6) is 1.64. The van der Waals surface area contributed by atoms with Crippen molar-refractivity contribution < 1.29 is 17.9 Å². The fraction of sp³-hybridized carbons (Fsp3) is 0.231. The van der Waals surface area contributed by atoms with Crippen molar-refractivity contribution in [2.24, 2.45) is 0 Å². The summed E-state index contributed by atoms with van der Waals surface area (Å²) in [6.45, 7) is 4.46. The van der Waals surface area contributed by atoms with Crippen LogP contribution in [0.5, 0.6) is 11.5 Å². The summed E-state index contributed by atoms with van der Waals surface area (Å²) < 4.78 is 38.7. The molecule has 1 aromatic heterocycles. The molecule has 1 aliphatic heterocycles. The number of ether oxygens (including phenoxy) is 2. The van der Waals surface area contributed by atoms with Gasteiger partial charge in [-0.05, 0) is 12.1 Å². The van der Waals surface area contributed by atoms with Gasteiger partial charge in [0.05, 0.1) is 4.90 Å². The molecular formula is C13H13N3O4S3. The lowest BCUT2D eigenvalue weighted by atomic mass is 10.3. The lowest BCUT2D eigenvalue weighted by Gasteiger charge is -2.18. The smallest absolute Gasteiger partial charge is 0.263 e. The zero-order valence-corrected chi connectivity index (χ0v) is 14.3. The molecule has 0 saturated carbocycles. The highest BCUT2D eigenvalue weighted by Crippen LogP contribution is 2.33. The highest BCUT2D eigenvalue weighted by atomic mass is 32.2. The van der Waals surface area contributed by atoms with Crippen LogP contribution >= 0.6 is 23.1 Å². The van der Waals surface area contributed by atoms with Gasteiger partial charge in [-0.2, -0.15) is 0 Å². The van der Waals surface area contributed by atoms with Gasteiger partial charge in [-0.15, -0.1) is 16.8 Å². The Morgan fingerprint density at radius 3 is 2.87 bits per heavy atom. The molecule has 0 amide bonds. The van der Waals surface area contributed by atoms with Crippen LogP contribution in [0.4, 0.5) is 5.13 Å². The highest BCUT2D eigenvalue weighted by molar-refractivity contribution is 8.01. The van der Waals surface area contributed by atoms with E-state index in [1.54, 1.807) is 12.1 Å². The molecule has 122 valence electrons. The molecule has 0 fully saturated rings. The first-order valence-electron chi connectivity index (χ1n) is 6.58. The first kappa shape index (κ1) is 16.1. The number of nitrogens with one attached hydrogen (secondary N) is 1. The number of rotatable bonds is 6. The van der Waals surface area contributed by atoms with E-state index < -0.39 is 10.0 Å². The van der Waals surface area contributed by atoms with Crippen LogP contribution in [0.3, 0.4) is 0 Å². The maximum atomic E-state index is 12.4. The van der Waals surface area contributed by atoms with Crippen LogP contribution in [0.25, 0.3) is 0 Å². The monoisotopic (exact) mass is 371 g/mol. The quantitative estimate of drug-likeness (QED) is 0.616. The molecule has 1 N–H and O–H groups in total. The van der Waals surface area contributed by atoms with Gasteiger partial charge in [0.2, 0.25) is 5.13 Å². The number of nitrogens with zero attached hydrogens (tertiary/aromatic N) is 2. The zero-order chi connectivity index (χ0) is 16.3. The number of hydrogen-bond donors (Lipinski definition) is 1. The van der Waals surface area contributed by atoms with Gasteiger partial charge in [0, 0.05) is 11.8 Å². The normalized spacial score (nSPS) is 13.6. The second-order valence-electron chi connectivity index (χ2n) is 4.38. The topological polar surface area (TPSA) is 90.4 Å². The van der Waals surface area contributed by atoms with Crippen LogP contribution in [-0.4, -0.2) is 37.6 Å². The van der Waals surface area contributed by atoms with Crippen LogP contribution in [0.15, 0.2) is 40.1 Å². The minimum absolute atomic E-state index is 0.0808. The van der Waals surface area contributed by atoms with E-state index in [0.29, 0.717) is 34.8 Å². The predicted molar refractivity (Wildman–Crippen MR) is 89.1 cm³/mol. The summed E-state index contributed by atoms with van der Waals surface area (Å²) in [4.78, 5) is 0.0808. The molecule has 0 bridgehead atoms. The van der Waals surface area contributed by atoms with Crippen LogP contribution in [-0.2, 0) is 10.0 Å². The van der Waals surface area contributed by atoms with Crippen molar-refractivity contribution in [2.45, 2.75) is 9.24 Å². The molecule has 0 radical (unpaired) electrons. The minimum Gasteiger partial charge on any atom is -0.486 e. The number of anilines is 1.